The van der Waals surface area contributed by atoms with Crippen LogP contribution in [0.25, 0.3) is 11.3 Å². The highest BCUT2D eigenvalue weighted by Crippen LogP contribution is 2.32. The van der Waals surface area contributed by atoms with Crippen LogP contribution in [0.3, 0.4) is 0 Å². The van der Waals surface area contributed by atoms with Crippen molar-refractivity contribution in [1.82, 2.24) is 9.88 Å². The zero-order valence-corrected chi connectivity index (χ0v) is 22.0. The van der Waals surface area contributed by atoms with Crippen molar-refractivity contribution in [2.45, 2.75) is 59.9 Å². The molecule has 0 aliphatic heterocycles. The molecule has 2 amide bonds. The number of aromatic nitrogens is 1. The molecule has 1 fully saturated rings. The summed E-state index contributed by atoms with van der Waals surface area (Å²) >= 11 is 1.49. The zero-order valence-electron chi connectivity index (χ0n) is 21.2. The van der Waals surface area contributed by atoms with Crippen LogP contribution >= 0.6 is 11.3 Å². The number of aryl methyl sites for hydroxylation is 5. The lowest BCUT2D eigenvalue weighted by molar-refractivity contribution is -0.119. The minimum absolute atomic E-state index is 0.0420. The number of hydrogen-bond acceptors (Lipinski definition) is 5. The first-order valence-corrected chi connectivity index (χ1v) is 13.0. The fourth-order valence-corrected chi connectivity index (χ4v) is 4.96. The predicted molar refractivity (Wildman–Crippen MR) is 144 cm³/mol. The van der Waals surface area contributed by atoms with Gasteiger partial charge in [-0.2, -0.15) is 0 Å². The summed E-state index contributed by atoms with van der Waals surface area (Å²) in [6.45, 7) is 11.1. The van der Waals surface area contributed by atoms with Crippen LogP contribution in [0.1, 0.15) is 46.4 Å². The zero-order chi connectivity index (χ0) is 25.1. The second-order valence-corrected chi connectivity index (χ2v) is 10.8. The molecule has 0 unspecified atom stereocenters. The number of amides is 2. The molecule has 35 heavy (non-hydrogen) atoms. The van der Waals surface area contributed by atoms with Crippen molar-refractivity contribution in [1.29, 1.82) is 0 Å². The lowest BCUT2D eigenvalue weighted by atomic mass is 10.0. The lowest BCUT2D eigenvalue weighted by Crippen LogP contribution is -2.37. The van der Waals surface area contributed by atoms with Gasteiger partial charge in [-0.05, 0) is 81.8 Å². The smallest absolute Gasteiger partial charge is 0.238 e. The second-order valence-electron chi connectivity index (χ2n) is 9.59. The number of nitrogens with one attached hydrogen (secondary N) is 2. The van der Waals surface area contributed by atoms with Crippen LogP contribution in [0.4, 0.5) is 10.8 Å². The first kappa shape index (κ1) is 25.1. The summed E-state index contributed by atoms with van der Waals surface area (Å²) in [6, 6.07) is 12.7. The molecule has 3 aromatic rings. The van der Waals surface area contributed by atoms with Gasteiger partial charge in [0, 0.05) is 35.1 Å². The summed E-state index contributed by atoms with van der Waals surface area (Å²) < 4.78 is 0. The third-order valence-corrected chi connectivity index (χ3v) is 7.41. The maximum atomic E-state index is 12.7. The lowest BCUT2D eigenvalue weighted by Gasteiger charge is -2.21. The van der Waals surface area contributed by atoms with Gasteiger partial charge in [0.15, 0.2) is 5.13 Å². The molecule has 1 aliphatic carbocycles. The average molecular weight is 491 g/mol. The Labute approximate surface area is 211 Å². The third-order valence-electron chi connectivity index (χ3n) is 6.53. The molecule has 0 saturated heterocycles. The van der Waals surface area contributed by atoms with E-state index in [0.29, 0.717) is 30.7 Å². The molecule has 1 saturated carbocycles. The number of rotatable bonds is 9. The maximum Gasteiger partial charge on any atom is 0.238 e. The van der Waals surface area contributed by atoms with Crippen molar-refractivity contribution in [3.8, 4) is 11.3 Å². The Bertz CT molecular complexity index is 1250. The van der Waals surface area contributed by atoms with Crippen molar-refractivity contribution in [3.05, 3.63) is 63.5 Å². The second kappa shape index (κ2) is 10.7. The van der Waals surface area contributed by atoms with Gasteiger partial charge in [-0.1, -0.05) is 24.3 Å². The largest absolute Gasteiger partial charge is 0.325 e. The van der Waals surface area contributed by atoms with Crippen LogP contribution in [0, 0.1) is 34.6 Å². The number of anilines is 2. The van der Waals surface area contributed by atoms with Gasteiger partial charge >= 0.3 is 0 Å². The highest BCUT2D eigenvalue weighted by atomic mass is 32.1. The fraction of sp³-hybridized carbons (Fsp3) is 0.393. The van der Waals surface area contributed by atoms with Crippen molar-refractivity contribution in [2.75, 3.05) is 23.7 Å². The maximum absolute atomic E-state index is 12.7. The van der Waals surface area contributed by atoms with E-state index in [-0.39, 0.29) is 11.8 Å². The Balaban J connectivity index is 1.32. The molecule has 0 spiro atoms. The number of benzene rings is 2. The van der Waals surface area contributed by atoms with Crippen LogP contribution in [0.5, 0.6) is 0 Å². The summed E-state index contributed by atoms with van der Waals surface area (Å²) in [4.78, 5) is 33.3. The third kappa shape index (κ3) is 6.55. The molecule has 0 radical (unpaired) electrons. The summed E-state index contributed by atoms with van der Waals surface area (Å²) in [5, 5.41) is 6.61. The molecule has 1 aromatic heterocycles. The van der Waals surface area contributed by atoms with E-state index in [4.69, 9.17) is 0 Å². The summed E-state index contributed by atoms with van der Waals surface area (Å²) in [5.41, 5.74) is 7.45. The fourth-order valence-electron chi connectivity index (χ4n) is 4.11. The molecule has 2 aromatic carbocycles. The number of carbonyl (C=O) groups is 2. The van der Waals surface area contributed by atoms with E-state index < -0.39 is 0 Å². The number of carbonyl (C=O) groups excluding carboxylic acids is 2. The van der Waals surface area contributed by atoms with Gasteiger partial charge in [-0.25, -0.2) is 4.98 Å². The summed E-state index contributed by atoms with van der Waals surface area (Å²) in [6.07, 6.45) is 2.47. The quantitative estimate of drug-likeness (QED) is 0.398. The predicted octanol–water partition coefficient (Wildman–Crippen LogP) is 5.78. The van der Waals surface area contributed by atoms with E-state index in [1.54, 1.807) is 0 Å². The van der Waals surface area contributed by atoms with E-state index in [9.17, 15) is 9.59 Å². The van der Waals surface area contributed by atoms with Crippen LogP contribution < -0.4 is 10.6 Å². The van der Waals surface area contributed by atoms with Gasteiger partial charge in [0.05, 0.1) is 12.2 Å². The summed E-state index contributed by atoms with van der Waals surface area (Å²) in [7, 11) is 0. The van der Waals surface area contributed by atoms with E-state index in [1.807, 2.05) is 39.0 Å². The molecular weight excluding hydrogens is 456 g/mol. The molecule has 6 nitrogen and oxygen atoms in total. The van der Waals surface area contributed by atoms with Gasteiger partial charge in [-0.3, -0.25) is 14.5 Å². The monoisotopic (exact) mass is 490 g/mol. The van der Waals surface area contributed by atoms with Gasteiger partial charge < -0.3 is 10.6 Å². The highest BCUT2D eigenvalue weighted by molar-refractivity contribution is 7.16. The number of thiazole rings is 1. The molecule has 4 rings (SSSR count). The van der Waals surface area contributed by atoms with E-state index in [0.717, 1.165) is 45.8 Å². The Morgan fingerprint density at radius 2 is 1.69 bits per heavy atom. The highest BCUT2D eigenvalue weighted by Gasteiger charge is 2.30. The molecule has 1 aliphatic rings. The van der Waals surface area contributed by atoms with E-state index in [1.165, 1.54) is 22.5 Å². The van der Waals surface area contributed by atoms with Crippen molar-refractivity contribution in [3.63, 3.8) is 0 Å². The van der Waals surface area contributed by atoms with Crippen molar-refractivity contribution < 1.29 is 9.59 Å². The Hall–Kier alpha value is -3.03. The Morgan fingerprint density at radius 1 is 0.943 bits per heavy atom. The first-order valence-electron chi connectivity index (χ1n) is 12.2. The normalized spacial score (nSPS) is 13.2. The molecule has 0 bridgehead atoms. The number of hydrogen-bond donors (Lipinski definition) is 2. The van der Waals surface area contributed by atoms with Gasteiger partial charge in [0.1, 0.15) is 0 Å². The van der Waals surface area contributed by atoms with Crippen molar-refractivity contribution in [2.24, 2.45) is 0 Å². The van der Waals surface area contributed by atoms with E-state index in [2.05, 4.69) is 52.6 Å². The molecule has 184 valence electrons. The Kier molecular flexibility index (Phi) is 7.67. The molecular formula is C28H34N4O2S. The molecule has 1 heterocycles. The SMILES string of the molecule is Cc1ccc(C)c(NC(=O)CN(CCC(=O)Nc2nc(-c3ccc(C)c(C)c3)c(C)s2)C2CC2)c1. The minimum Gasteiger partial charge on any atom is -0.325 e. The van der Waals surface area contributed by atoms with Crippen LogP contribution in [-0.4, -0.2) is 40.8 Å². The molecule has 7 heteroatoms. The average Bonchev–Trinajstić information content (AvgIpc) is 3.58. The first-order chi connectivity index (χ1) is 16.7. The van der Waals surface area contributed by atoms with E-state index >= 15 is 0 Å². The number of nitrogens with zero attached hydrogens (tertiary/aromatic N) is 2. The van der Waals surface area contributed by atoms with Gasteiger partial charge in [0.2, 0.25) is 11.8 Å². The topological polar surface area (TPSA) is 74.3 Å². The van der Waals surface area contributed by atoms with Gasteiger partial charge in [0.25, 0.3) is 0 Å². The standard InChI is InChI=1S/C28H34N4O2S/c1-17-6-7-19(3)24(14-17)29-26(34)16-32(23-10-11-23)13-12-25(33)30-28-31-27(21(5)35-28)22-9-8-18(2)20(4)15-22/h6-9,14-15,23H,10-13,16H2,1-5H3,(H,29,34)(H,30,31,33). The molecule has 2 N–H and O–H groups in total. The van der Waals surface area contributed by atoms with Crippen LogP contribution in [0.2, 0.25) is 0 Å². The van der Waals surface area contributed by atoms with Crippen molar-refractivity contribution >= 4 is 34.0 Å². The van der Waals surface area contributed by atoms with Crippen LogP contribution in [0.15, 0.2) is 36.4 Å². The Morgan fingerprint density at radius 3 is 2.40 bits per heavy atom. The minimum atomic E-state index is -0.0778. The molecule has 0 atom stereocenters. The summed E-state index contributed by atoms with van der Waals surface area (Å²) in [5.74, 6) is -0.120. The van der Waals surface area contributed by atoms with Crippen LogP contribution in [-0.2, 0) is 9.59 Å². The van der Waals surface area contributed by atoms with Gasteiger partial charge in [-0.15, -0.1) is 11.3 Å².